The van der Waals surface area contributed by atoms with Crippen LogP contribution in [0.25, 0.3) is 10.8 Å². The van der Waals surface area contributed by atoms with Crippen LogP contribution < -0.4 is 26.5 Å². The fourth-order valence-electron chi connectivity index (χ4n) is 3.43. The summed E-state index contributed by atoms with van der Waals surface area (Å²) in [5.74, 6) is -0.635. The standard InChI is InChI=1S/C19H14N4O4/c1-26-12-7-6-9-4-2-3-5-10(9)13(12)14-11(8-20)16(21)27-18-15(14)17(24)22-19(25)23-18/h2-7,14H,21H2,1H3,(H2,22,23,24,25). The molecular weight excluding hydrogens is 348 g/mol. The number of ether oxygens (including phenoxy) is 2. The van der Waals surface area contributed by atoms with Crippen LogP contribution in [0.2, 0.25) is 0 Å². The number of hydrogen-bond donors (Lipinski definition) is 3. The summed E-state index contributed by atoms with van der Waals surface area (Å²) < 4.78 is 10.9. The van der Waals surface area contributed by atoms with Gasteiger partial charge in [0.1, 0.15) is 17.4 Å². The maximum absolute atomic E-state index is 12.6. The molecule has 2 aromatic carbocycles. The highest BCUT2D eigenvalue weighted by atomic mass is 16.5. The van der Waals surface area contributed by atoms with Crippen LogP contribution in [-0.4, -0.2) is 17.1 Å². The highest BCUT2D eigenvalue weighted by Gasteiger charge is 2.36. The molecule has 4 N–H and O–H groups in total. The van der Waals surface area contributed by atoms with E-state index >= 15 is 0 Å². The Labute approximate surface area is 152 Å². The van der Waals surface area contributed by atoms with E-state index in [1.165, 1.54) is 7.11 Å². The molecule has 4 rings (SSSR count). The normalized spacial score (nSPS) is 15.8. The predicted octanol–water partition coefficient (Wildman–Crippen LogP) is 1.44. The second-order valence-electron chi connectivity index (χ2n) is 5.98. The van der Waals surface area contributed by atoms with Gasteiger partial charge in [-0.05, 0) is 16.8 Å². The number of hydrogen-bond acceptors (Lipinski definition) is 6. The van der Waals surface area contributed by atoms with E-state index in [-0.39, 0.29) is 22.9 Å². The minimum Gasteiger partial charge on any atom is -0.496 e. The highest BCUT2D eigenvalue weighted by molar-refractivity contribution is 5.89. The molecule has 1 aliphatic heterocycles. The summed E-state index contributed by atoms with van der Waals surface area (Å²) in [6.45, 7) is 0. The Morgan fingerprint density at radius 1 is 1.15 bits per heavy atom. The van der Waals surface area contributed by atoms with E-state index in [1.807, 2.05) is 36.4 Å². The van der Waals surface area contributed by atoms with Gasteiger partial charge in [-0.15, -0.1) is 0 Å². The van der Waals surface area contributed by atoms with Gasteiger partial charge in [0.25, 0.3) is 5.56 Å². The molecule has 8 heteroatoms. The molecule has 2 heterocycles. The summed E-state index contributed by atoms with van der Waals surface area (Å²) in [6, 6.07) is 13.2. The fourth-order valence-corrected chi connectivity index (χ4v) is 3.43. The number of nitrogens with zero attached hydrogens (tertiary/aromatic N) is 1. The molecule has 0 spiro atoms. The van der Waals surface area contributed by atoms with Crippen LogP contribution in [0.4, 0.5) is 0 Å². The van der Waals surface area contributed by atoms with E-state index in [9.17, 15) is 14.9 Å². The Balaban J connectivity index is 2.16. The summed E-state index contributed by atoms with van der Waals surface area (Å²) in [5, 5.41) is 11.4. The number of fused-ring (bicyclic) bond motifs is 2. The van der Waals surface area contributed by atoms with Gasteiger partial charge in [0.05, 0.1) is 18.6 Å². The highest BCUT2D eigenvalue weighted by Crippen LogP contribution is 2.45. The summed E-state index contributed by atoms with van der Waals surface area (Å²) >= 11 is 0. The van der Waals surface area contributed by atoms with Crippen LogP contribution in [0.1, 0.15) is 17.0 Å². The van der Waals surface area contributed by atoms with Gasteiger partial charge in [-0.25, -0.2) is 4.79 Å². The van der Waals surface area contributed by atoms with Crippen LogP contribution in [0.5, 0.6) is 11.6 Å². The number of methoxy groups -OCH3 is 1. The molecule has 1 aliphatic rings. The Hall–Kier alpha value is -3.99. The summed E-state index contributed by atoms with van der Waals surface area (Å²) in [7, 11) is 1.50. The van der Waals surface area contributed by atoms with Gasteiger partial charge in [-0.2, -0.15) is 5.26 Å². The molecule has 1 aromatic heterocycles. The van der Waals surface area contributed by atoms with E-state index in [0.717, 1.165) is 10.8 Å². The molecule has 0 bridgehead atoms. The molecule has 3 aromatic rings. The lowest BCUT2D eigenvalue weighted by atomic mass is 9.82. The summed E-state index contributed by atoms with van der Waals surface area (Å²) in [6.07, 6.45) is 0. The van der Waals surface area contributed by atoms with Crippen LogP contribution in [0, 0.1) is 11.3 Å². The maximum Gasteiger partial charge on any atom is 0.328 e. The van der Waals surface area contributed by atoms with Gasteiger partial charge < -0.3 is 15.2 Å². The first-order chi connectivity index (χ1) is 13.0. The minimum atomic E-state index is -0.861. The third-order valence-corrected chi connectivity index (χ3v) is 4.56. The zero-order valence-corrected chi connectivity index (χ0v) is 14.2. The third kappa shape index (κ3) is 2.45. The lowest BCUT2D eigenvalue weighted by Gasteiger charge is -2.26. The molecule has 0 saturated carbocycles. The van der Waals surface area contributed by atoms with Crippen molar-refractivity contribution in [2.75, 3.05) is 7.11 Å². The number of allylic oxidation sites excluding steroid dienone is 1. The third-order valence-electron chi connectivity index (χ3n) is 4.56. The SMILES string of the molecule is COc1ccc2ccccc2c1C1C(C#N)=C(N)Oc2[nH]c(=O)[nH]c(=O)c21. The Morgan fingerprint density at radius 3 is 2.67 bits per heavy atom. The number of aromatic nitrogens is 2. The van der Waals surface area contributed by atoms with Crippen molar-refractivity contribution < 1.29 is 9.47 Å². The molecule has 1 unspecified atom stereocenters. The van der Waals surface area contributed by atoms with E-state index < -0.39 is 17.2 Å². The zero-order valence-electron chi connectivity index (χ0n) is 14.2. The van der Waals surface area contributed by atoms with Crippen molar-refractivity contribution in [3.63, 3.8) is 0 Å². The van der Waals surface area contributed by atoms with Gasteiger partial charge in [0.15, 0.2) is 0 Å². The molecule has 0 fully saturated rings. The Morgan fingerprint density at radius 2 is 1.93 bits per heavy atom. The Bertz CT molecular complexity index is 1260. The predicted molar refractivity (Wildman–Crippen MR) is 97.5 cm³/mol. The smallest absolute Gasteiger partial charge is 0.328 e. The molecule has 0 amide bonds. The van der Waals surface area contributed by atoms with Gasteiger partial charge in [0, 0.05) is 5.56 Å². The number of H-pyrrole nitrogens is 2. The van der Waals surface area contributed by atoms with E-state index in [0.29, 0.717) is 11.3 Å². The van der Waals surface area contributed by atoms with E-state index in [4.69, 9.17) is 15.2 Å². The second kappa shape index (κ2) is 6.07. The summed E-state index contributed by atoms with van der Waals surface area (Å²) in [5.41, 5.74) is 5.29. The fraction of sp³-hybridized carbons (Fsp3) is 0.105. The molecule has 1 atom stereocenters. The first kappa shape index (κ1) is 16.5. The van der Waals surface area contributed by atoms with Crippen molar-refractivity contribution in [3.8, 4) is 17.7 Å². The number of nitriles is 1. The molecular formula is C19H14N4O4. The van der Waals surface area contributed by atoms with Crippen molar-refractivity contribution in [3.05, 3.63) is 79.8 Å². The van der Waals surface area contributed by atoms with Crippen molar-refractivity contribution in [2.45, 2.75) is 5.92 Å². The van der Waals surface area contributed by atoms with Gasteiger partial charge in [-0.1, -0.05) is 30.3 Å². The first-order valence-electron chi connectivity index (χ1n) is 8.05. The van der Waals surface area contributed by atoms with E-state index in [2.05, 4.69) is 9.97 Å². The number of nitrogens with two attached hydrogens (primary N) is 1. The number of benzene rings is 2. The van der Waals surface area contributed by atoms with Crippen LogP contribution in [0.3, 0.4) is 0 Å². The van der Waals surface area contributed by atoms with Crippen LogP contribution in [0.15, 0.2) is 57.4 Å². The second-order valence-corrected chi connectivity index (χ2v) is 5.98. The van der Waals surface area contributed by atoms with Crippen molar-refractivity contribution in [1.82, 2.24) is 9.97 Å². The Kier molecular flexibility index (Phi) is 3.70. The first-order valence-corrected chi connectivity index (χ1v) is 8.05. The molecule has 0 saturated heterocycles. The van der Waals surface area contributed by atoms with Gasteiger partial charge >= 0.3 is 5.69 Å². The van der Waals surface area contributed by atoms with Gasteiger partial charge in [0.2, 0.25) is 11.8 Å². The lowest BCUT2D eigenvalue weighted by molar-refractivity contribution is 0.370. The molecule has 0 radical (unpaired) electrons. The molecule has 27 heavy (non-hydrogen) atoms. The quantitative estimate of drug-likeness (QED) is 0.631. The van der Waals surface area contributed by atoms with Gasteiger partial charge in [-0.3, -0.25) is 14.8 Å². The number of aromatic amines is 2. The topological polar surface area (TPSA) is 134 Å². The minimum absolute atomic E-state index is 0.0645. The van der Waals surface area contributed by atoms with Crippen molar-refractivity contribution >= 4 is 10.8 Å². The monoisotopic (exact) mass is 362 g/mol. The molecule has 8 nitrogen and oxygen atoms in total. The number of nitrogens with one attached hydrogen (secondary N) is 2. The van der Waals surface area contributed by atoms with Crippen LogP contribution >= 0.6 is 0 Å². The van der Waals surface area contributed by atoms with Crippen molar-refractivity contribution in [2.24, 2.45) is 5.73 Å². The van der Waals surface area contributed by atoms with E-state index in [1.54, 1.807) is 6.07 Å². The summed E-state index contributed by atoms with van der Waals surface area (Å²) in [4.78, 5) is 28.9. The zero-order chi connectivity index (χ0) is 19.1. The number of rotatable bonds is 2. The maximum atomic E-state index is 12.6. The average molecular weight is 362 g/mol. The van der Waals surface area contributed by atoms with Crippen LogP contribution in [-0.2, 0) is 0 Å². The average Bonchev–Trinajstić information content (AvgIpc) is 2.65. The van der Waals surface area contributed by atoms with Crippen molar-refractivity contribution in [1.29, 1.82) is 5.26 Å². The largest absolute Gasteiger partial charge is 0.496 e. The molecule has 134 valence electrons. The lowest BCUT2D eigenvalue weighted by Crippen LogP contribution is -2.33. The molecule has 0 aliphatic carbocycles.